The van der Waals surface area contributed by atoms with E-state index >= 15 is 0 Å². The Morgan fingerprint density at radius 2 is 2.15 bits per heavy atom. The molecule has 0 aliphatic heterocycles. The molecule has 1 aromatic heterocycles. The number of benzene rings is 1. The van der Waals surface area contributed by atoms with Crippen molar-refractivity contribution in [3.05, 3.63) is 35.7 Å². The average molecular weight is 276 g/mol. The predicted octanol–water partition coefficient (Wildman–Crippen LogP) is 0.774. The topological polar surface area (TPSA) is 106 Å². The third-order valence-electron chi connectivity index (χ3n) is 2.53. The van der Waals surface area contributed by atoms with Gasteiger partial charge in [-0.05, 0) is 18.2 Å². The van der Waals surface area contributed by atoms with Gasteiger partial charge in [-0.15, -0.1) is 5.10 Å². The molecule has 0 radical (unpaired) electrons. The van der Waals surface area contributed by atoms with E-state index in [4.69, 9.17) is 9.84 Å². The van der Waals surface area contributed by atoms with Crippen LogP contribution in [0.3, 0.4) is 0 Å². The molecule has 0 aliphatic rings. The van der Waals surface area contributed by atoms with Crippen molar-refractivity contribution in [3.8, 4) is 5.75 Å². The first-order valence-electron chi connectivity index (χ1n) is 5.60. The number of aryl methyl sites for hydroxylation is 1. The quantitative estimate of drug-likeness (QED) is 0.854. The summed E-state index contributed by atoms with van der Waals surface area (Å²) in [5, 5.41) is 18.8. The van der Waals surface area contributed by atoms with Gasteiger partial charge in [-0.3, -0.25) is 9.48 Å². The molecule has 2 N–H and O–H groups in total. The molecule has 0 fully saturated rings. The van der Waals surface area contributed by atoms with Crippen LogP contribution in [0.25, 0.3) is 0 Å². The summed E-state index contributed by atoms with van der Waals surface area (Å²) >= 11 is 0. The molecule has 1 aromatic carbocycles. The number of ether oxygens (including phenoxy) is 1. The Labute approximate surface area is 114 Å². The first-order chi connectivity index (χ1) is 9.51. The van der Waals surface area contributed by atoms with Crippen LogP contribution < -0.4 is 10.1 Å². The number of carbonyl (C=O) groups is 2. The minimum atomic E-state index is -1.09. The van der Waals surface area contributed by atoms with Crippen molar-refractivity contribution in [1.82, 2.24) is 15.0 Å². The monoisotopic (exact) mass is 276 g/mol. The van der Waals surface area contributed by atoms with Crippen molar-refractivity contribution in [2.75, 3.05) is 12.4 Å². The van der Waals surface area contributed by atoms with Crippen molar-refractivity contribution in [1.29, 1.82) is 0 Å². The van der Waals surface area contributed by atoms with Gasteiger partial charge in [-0.25, -0.2) is 4.79 Å². The van der Waals surface area contributed by atoms with Gasteiger partial charge in [0.05, 0.1) is 24.6 Å². The molecule has 0 saturated carbocycles. The van der Waals surface area contributed by atoms with E-state index in [0.29, 0.717) is 5.75 Å². The van der Waals surface area contributed by atoms with Crippen LogP contribution in [0.5, 0.6) is 5.75 Å². The van der Waals surface area contributed by atoms with E-state index < -0.39 is 11.9 Å². The Kier molecular flexibility index (Phi) is 3.65. The average Bonchev–Trinajstić information content (AvgIpc) is 2.85. The molecule has 8 heteroatoms. The Bertz CT molecular complexity index is 665. The summed E-state index contributed by atoms with van der Waals surface area (Å²) in [6, 6.07) is 4.17. The van der Waals surface area contributed by atoms with Crippen molar-refractivity contribution in [2.24, 2.45) is 7.05 Å². The maximum absolute atomic E-state index is 11.9. The standard InChI is InChI=1S/C12H12N4O4/c1-16-6-9(14-15-16)11(17)13-8-5-7(12(18)19)3-4-10(8)20-2/h3-6H,1-2H3,(H,13,17)(H,18,19). The SMILES string of the molecule is COc1ccc(C(=O)O)cc1NC(=O)c1cn(C)nn1. The second kappa shape index (κ2) is 5.39. The molecular weight excluding hydrogens is 264 g/mol. The third kappa shape index (κ3) is 2.74. The summed E-state index contributed by atoms with van der Waals surface area (Å²) < 4.78 is 6.46. The number of rotatable bonds is 4. The molecule has 1 heterocycles. The van der Waals surface area contributed by atoms with Gasteiger partial charge < -0.3 is 15.2 Å². The van der Waals surface area contributed by atoms with E-state index in [1.165, 1.54) is 36.2 Å². The summed E-state index contributed by atoms with van der Waals surface area (Å²) in [4.78, 5) is 22.9. The number of methoxy groups -OCH3 is 1. The molecule has 0 bridgehead atoms. The lowest BCUT2D eigenvalue weighted by Crippen LogP contribution is -2.14. The van der Waals surface area contributed by atoms with Crippen molar-refractivity contribution >= 4 is 17.6 Å². The fourth-order valence-electron chi connectivity index (χ4n) is 1.58. The number of hydrogen-bond donors (Lipinski definition) is 2. The molecule has 2 aromatic rings. The lowest BCUT2D eigenvalue weighted by Gasteiger charge is -2.09. The molecule has 0 spiro atoms. The summed E-state index contributed by atoms with van der Waals surface area (Å²) in [5.74, 6) is -1.24. The van der Waals surface area contributed by atoms with Gasteiger partial charge in [0.1, 0.15) is 5.75 Å². The van der Waals surface area contributed by atoms with Gasteiger partial charge in [0.15, 0.2) is 5.69 Å². The van der Waals surface area contributed by atoms with Crippen LogP contribution in [0.4, 0.5) is 5.69 Å². The van der Waals surface area contributed by atoms with Gasteiger partial charge >= 0.3 is 5.97 Å². The summed E-state index contributed by atoms with van der Waals surface area (Å²) in [5.41, 5.74) is 0.415. The first kappa shape index (κ1) is 13.5. The van der Waals surface area contributed by atoms with Crippen LogP contribution in [0, 0.1) is 0 Å². The second-order valence-electron chi connectivity index (χ2n) is 3.95. The lowest BCUT2D eigenvalue weighted by molar-refractivity contribution is 0.0696. The number of anilines is 1. The van der Waals surface area contributed by atoms with Crippen LogP contribution in [0.2, 0.25) is 0 Å². The van der Waals surface area contributed by atoms with Gasteiger partial charge in [-0.1, -0.05) is 5.21 Å². The normalized spacial score (nSPS) is 10.1. The molecule has 0 aliphatic carbocycles. The smallest absolute Gasteiger partial charge is 0.335 e. The van der Waals surface area contributed by atoms with E-state index in [2.05, 4.69) is 15.6 Å². The Morgan fingerprint density at radius 1 is 1.40 bits per heavy atom. The fourth-order valence-corrected chi connectivity index (χ4v) is 1.58. The number of aromatic nitrogens is 3. The number of aromatic carboxylic acids is 1. The zero-order valence-corrected chi connectivity index (χ0v) is 10.8. The zero-order chi connectivity index (χ0) is 14.7. The number of amides is 1. The van der Waals surface area contributed by atoms with Crippen LogP contribution >= 0.6 is 0 Å². The maximum Gasteiger partial charge on any atom is 0.335 e. The zero-order valence-electron chi connectivity index (χ0n) is 10.8. The van der Waals surface area contributed by atoms with Gasteiger partial charge in [0.25, 0.3) is 5.91 Å². The van der Waals surface area contributed by atoms with E-state index in [-0.39, 0.29) is 16.9 Å². The highest BCUT2D eigenvalue weighted by Gasteiger charge is 2.15. The summed E-state index contributed by atoms with van der Waals surface area (Å²) in [6.45, 7) is 0. The van der Waals surface area contributed by atoms with Gasteiger partial charge in [-0.2, -0.15) is 0 Å². The molecular formula is C12H12N4O4. The number of carboxylic acid groups (broad SMARTS) is 1. The van der Waals surface area contributed by atoms with Crippen LogP contribution in [-0.2, 0) is 7.05 Å². The molecule has 20 heavy (non-hydrogen) atoms. The molecule has 0 saturated heterocycles. The molecule has 0 atom stereocenters. The minimum absolute atomic E-state index is 0.0419. The van der Waals surface area contributed by atoms with E-state index in [9.17, 15) is 9.59 Å². The molecule has 0 unspecified atom stereocenters. The van der Waals surface area contributed by atoms with Gasteiger partial charge in [0.2, 0.25) is 0 Å². The lowest BCUT2D eigenvalue weighted by atomic mass is 10.2. The summed E-state index contributed by atoms with van der Waals surface area (Å²) in [7, 11) is 3.06. The van der Waals surface area contributed by atoms with E-state index in [1.807, 2.05) is 0 Å². The van der Waals surface area contributed by atoms with E-state index in [0.717, 1.165) is 0 Å². The first-order valence-corrected chi connectivity index (χ1v) is 5.60. The molecule has 1 amide bonds. The van der Waals surface area contributed by atoms with Crippen LogP contribution in [-0.4, -0.2) is 39.1 Å². The highest BCUT2D eigenvalue weighted by atomic mass is 16.5. The second-order valence-corrected chi connectivity index (χ2v) is 3.95. The van der Waals surface area contributed by atoms with Crippen molar-refractivity contribution in [3.63, 3.8) is 0 Å². The molecule has 2 rings (SSSR count). The Hall–Kier alpha value is -2.90. The van der Waals surface area contributed by atoms with Crippen molar-refractivity contribution < 1.29 is 19.4 Å². The van der Waals surface area contributed by atoms with Crippen molar-refractivity contribution in [2.45, 2.75) is 0 Å². The number of carboxylic acids is 1. The molecule has 104 valence electrons. The number of hydrogen-bond acceptors (Lipinski definition) is 5. The largest absolute Gasteiger partial charge is 0.495 e. The van der Waals surface area contributed by atoms with Gasteiger partial charge in [0, 0.05) is 7.05 Å². The maximum atomic E-state index is 11.9. The number of nitrogens with zero attached hydrogens (tertiary/aromatic N) is 3. The Balaban J connectivity index is 2.29. The minimum Gasteiger partial charge on any atom is -0.495 e. The predicted molar refractivity (Wildman–Crippen MR) is 68.9 cm³/mol. The summed E-state index contributed by atoms with van der Waals surface area (Å²) in [6.07, 6.45) is 1.45. The highest BCUT2D eigenvalue weighted by Crippen LogP contribution is 2.25. The van der Waals surface area contributed by atoms with Crippen LogP contribution in [0.15, 0.2) is 24.4 Å². The highest BCUT2D eigenvalue weighted by molar-refractivity contribution is 6.04. The van der Waals surface area contributed by atoms with Crippen LogP contribution in [0.1, 0.15) is 20.8 Å². The number of carbonyl (C=O) groups excluding carboxylic acids is 1. The number of nitrogens with one attached hydrogen (secondary N) is 1. The fraction of sp³-hybridized carbons (Fsp3) is 0.167. The molecule has 8 nitrogen and oxygen atoms in total. The Morgan fingerprint density at radius 3 is 2.70 bits per heavy atom. The third-order valence-corrected chi connectivity index (χ3v) is 2.53. The van der Waals surface area contributed by atoms with E-state index in [1.54, 1.807) is 7.05 Å².